The van der Waals surface area contributed by atoms with E-state index in [0.717, 1.165) is 40.0 Å². The molecule has 1 saturated heterocycles. The number of aromatic nitrogens is 2. The van der Waals surface area contributed by atoms with Gasteiger partial charge in [0, 0.05) is 45.3 Å². The van der Waals surface area contributed by atoms with Gasteiger partial charge in [0.15, 0.2) is 0 Å². The maximum Gasteiger partial charge on any atom is 0.254 e. The van der Waals surface area contributed by atoms with Gasteiger partial charge in [0.05, 0.1) is 30.9 Å². The molecule has 3 heterocycles. The minimum absolute atomic E-state index is 0.0104. The number of benzene rings is 1. The van der Waals surface area contributed by atoms with Crippen LogP contribution in [0.2, 0.25) is 0 Å². The molecule has 3 aromatic rings. The number of carbonyl (C=O) groups is 1. The molecule has 38 heavy (non-hydrogen) atoms. The van der Waals surface area contributed by atoms with E-state index in [2.05, 4.69) is 22.5 Å². The van der Waals surface area contributed by atoms with E-state index in [1.807, 2.05) is 55.0 Å². The van der Waals surface area contributed by atoms with Crippen molar-refractivity contribution >= 4 is 28.6 Å². The van der Waals surface area contributed by atoms with Gasteiger partial charge < -0.3 is 24.9 Å². The molecule has 2 aromatic heterocycles. The number of H-pyrrole nitrogens is 1. The van der Waals surface area contributed by atoms with Crippen molar-refractivity contribution in [3.63, 3.8) is 0 Å². The number of pyridine rings is 1. The lowest BCUT2D eigenvalue weighted by Crippen LogP contribution is -2.61. The van der Waals surface area contributed by atoms with Gasteiger partial charge >= 0.3 is 0 Å². The normalized spacial score (nSPS) is 22.8. The third-order valence-electron chi connectivity index (χ3n) is 8.05. The molecular formula is C29H37FN4O3S. The number of alkyl halides is 1. The van der Waals surface area contributed by atoms with Crippen molar-refractivity contribution < 1.29 is 13.9 Å². The lowest BCUT2D eigenvalue weighted by Gasteiger charge is -2.44. The molecule has 0 spiro atoms. The average Bonchev–Trinajstić information content (AvgIpc) is 3.14. The summed E-state index contributed by atoms with van der Waals surface area (Å²) < 4.78 is 23.5. The first-order valence-corrected chi connectivity index (χ1v) is 14.5. The maximum absolute atomic E-state index is 16.2. The van der Waals surface area contributed by atoms with E-state index in [1.165, 1.54) is 11.8 Å². The molecule has 2 fully saturated rings. The van der Waals surface area contributed by atoms with Crippen LogP contribution in [0.3, 0.4) is 0 Å². The Kier molecular flexibility index (Phi) is 7.46. The number of hydrogen-bond donors (Lipinski definition) is 3. The Morgan fingerprint density at radius 1 is 1.24 bits per heavy atom. The van der Waals surface area contributed by atoms with Gasteiger partial charge in [-0.15, -0.1) is 11.8 Å². The standard InChI is InChI=1S/C29H37FN4O3S/c1-18-13-24(38-4)22(26(35)32-18)14-31-27(36)25-19(2)34(23-8-6-5-7-21(23)25)15-29(30)11-9-20(10-12-29)33-28(3)16-37-17-28/h5-8,13,20,33H,9-12,14-17H2,1-4H3,(H,31,36)(H,32,35). The van der Waals surface area contributed by atoms with Crippen molar-refractivity contribution in [2.75, 3.05) is 19.5 Å². The molecule has 5 rings (SSSR count). The number of aromatic amines is 1. The van der Waals surface area contributed by atoms with Crippen LogP contribution in [0.5, 0.6) is 0 Å². The van der Waals surface area contributed by atoms with Crippen LogP contribution >= 0.6 is 11.8 Å². The third kappa shape index (κ3) is 5.28. The summed E-state index contributed by atoms with van der Waals surface area (Å²) in [6, 6.07) is 9.88. The largest absolute Gasteiger partial charge is 0.377 e. The topological polar surface area (TPSA) is 88.2 Å². The van der Waals surface area contributed by atoms with E-state index in [-0.39, 0.29) is 30.1 Å². The first-order valence-electron chi connectivity index (χ1n) is 13.3. The molecule has 2 aliphatic rings. The Bertz CT molecular complexity index is 1400. The first-order chi connectivity index (χ1) is 18.1. The fourth-order valence-corrected chi connectivity index (χ4v) is 6.63. The number of rotatable bonds is 8. The molecular weight excluding hydrogens is 503 g/mol. The van der Waals surface area contributed by atoms with E-state index in [9.17, 15) is 9.59 Å². The summed E-state index contributed by atoms with van der Waals surface area (Å²) in [5.41, 5.74) is 1.92. The second-order valence-electron chi connectivity index (χ2n) is 11.2. The molecule has 0 atom stereocenters. The monoisotopic (exact) mass is 540 g/mol. The van der Waals surface area contributed by atoms with Gasteiger partial charge in [-0.05, 0) is 64.8 Å². The Labute approximate surface area is 226 Å². The van der Waals surface area contributed by atoms with Crippen LogP contribution in [0.4, 0.5) is 4.39 Å². The van der Waals surface area contributed by atoms with Crippen LogP contribution in [-0.4, -0.2) is 52.2 Å². The van der Waals surface area contributed by atoms with Gasteiger partial charge in [-0.3, -0.25) is 9.59 Å². The number of amides is 1. The van der Waals surface area contributed by atoms with Crippen LogP contribution < -0.4 is 16.2 Å². The molecule has 0 unspecified atom stereocenters. The highest BCUT2D eigenvalue weighted by atomic mass is 32.2. The van der Waals surface area contributed by atoms with Crippen molar-refractivity contribution in [1.82, 2.24) is 20.2 Å². The van der Waals surface area contributed by atoms with Crippen molar-refractivity contribution in [3.05, 3.63) is 63.2 Å². The lowest BCUT2D eigenvalue weighted by molar-refractivity contribution is -0.0740. The SMILES string of the molecule is CSc1cc(C)[nH]c(=O)c1CNC(=O)c1c(C)n(CC2(F)CCC(NC3(C)COC3)CC2)c2ccccc12. The molecule has 0 radical (unpaired) electrons. The number of ether oxygens (including phenoxy) is 1. The predicted molar refractivity (Wildman–Crippen MR) is 150 cm³/mol. The highest BCUT2D eigenvalue weighted by molar-refractivity contribution is 7.98. The van der Waals surface area contributed by atoms with Crippen LogP contribution in [-0.2, 0) is 17.8 Å². The summed E-state index contributed by atoms with van der Waals surface area (Å²) in [6.45, 7) is 7.64. The lowest BCUT2D eigenvalue weighted by atomic mass is 9.82. The second kappa shape index (κ2) is 10.5. The molecule has 9 heteroatoms. The quantitative estimate of drug-likeness (QED) is 0.363. The van der Waals surface area contributed by atoms with Gasteiger partial charge in [-0.25, -0.2) is 4.39 Å². The molecule has 1 amide bonds. The van der Waals surface area contributed by atoms with Crippen molar-refractivity contribution in [2.45, 2.75) is 81.7 Å². The summed E-state index contributed by atoms with van der Waals surface area (Å²) in [5, 5.41) is 7.40. The number of nitrogens with zero attached hydrogens (tertiary/aromatic N) is 1. The molecule has 1 saturated carbocycles. The maximum atomic E-state index is 16.2. The van der Waals surface area contributed by atoms with E-state index >= 15 is 4.39 Å². The summed E-state index contributed by atoms with van der Waals surface area (Å²) in [6.07, 6.45) is 4.42. The van der Waals surface area contributed by atoms with Crippen molar-refractivity contribution in [3.8, 4) is 0 Å². The molecule has 3 N–H and O–H groups in total. The molecule has 1 aliphatic heterocycles. The molecule has 1 aromatic carbocycles. The van der Waals surface area contributed by atoms with E-state index in [1.54, 1.807) is 0 Å². The fraction of sp³-hybridized carbons (Fsp3) is 0.517. The molecule has 1 aliphatic carbocycles. The summed E-state index contributed by atoms with van der Waals surface area (Å²) in [5.74, 6) is -0.263. The van der Waals surface area contributed by atoms with Gasteiger partial charge in [0.1, 0.15) is 5.67 Å². The molecule has 204 valence electrons. The van der Waals surface area contributed by atoms with Crippen LogP contribution in [0.1, 0.15) is 59.9 Å². The summed E-state index contributed by atoms with van der Waals surface area (Å²) >= 11 is 1.48. The predicted octanol–water partition coefficient (Wildman–Crippen LogP) is 4.63. The Balaban J connectivity index is 1.35. The number of para-hydroxylation sites is 1. The molecule has 0 bridgehead atoms. The number of halogens is 1. The Morgan fingerprint density at radius 2 is 1.95 bits per heavy atom. The van der Waals surface area contributed by atoms with Crippen molar-refractivity contribution in [2.24, 2.45) is 0 Å². The zero-order valence-corrected chi connectivity index (χ0v) is 23.4. The minimum Gasteiger partial charge on any atom is -0.377 e. The highest BCUT2D eigenvalue weighted by Crippen LogP contribution is 2.37. The van der Waals surface area contributed by atoms with Crippen LogP contribution in [0, 0.1) is 13.8 Å². The van der Waals surface area contributed by atoms with Crippen LogP contribution in [0.25, 0.3) is 10.9 Å². The fourth-order valence-electron chi connectivity index (χ4n) is 5.92. The Hall–Kier alpha value is -2.62. The second-order valence-corrected chi connectivity index (χ2v) is 12.0. The van der Waals surface area contributed by atoms with Gasteiger partial charge in [-0.2, -0.15) is 0 Å². The number of aryl methyl sites for hydroxylation is 1. The van der Waals surface area contributed by atoms with Gasteiger partial charge in [-0.1, -0.05) is 18.2 Å². The number of nitrogens with one attached hydrogen (secondary N) is 3. The van der Waals surface area contributed by atoms with Crippen LogP contribution in [0.15, 0.2) is 40.0 Å². The molecule has 7 nitrogen and oxygen atoms in total. The highest BCUT2D eigenvalue weighted by Gasteiger charge is 2.41. The zero-order chi connectivity index (χ0) is 27.1. The number of fused-ring (bicyclic) bond motifs is 1. The number of hydrogen-bond acceptors (Lipinski definition) is 5. The third-order valence-corrected chi connectivity index (χ3v) is 8.85. The van der Waals surface area contributed by atoms with E-state index in [0.29, 0.717) is 43.2 Å². The number of carbonyl (C=O) groups excluding carboxylic acids is 1. The zero-order valence-electron chi connectivity index (χ0n) is 22.6. The van der Waals surface area contributed by atoms with E-state index in [4.69, 9.17) is 4.74 Å². The van der Waals surface area contributed by atoms with Crippen molar-refractivity contribution in [1.29, 1.82) is 0 Å². The van der Waals surface area contributed by atoms with Gasteiger partial charge in [0.25, 0.3) is 11.5 Å². The smallest absolute Gasteiger partial charge is 0.254 e. The summed E-state index contributed by atoms with van der Waals surface area (Å²) in [4.78, 5) is 29.7. The first kappa shape index (κ1) is 27.0. The summed E-state index contributed by atoms with van der Waals surface area (Å²) in [7, 11) is 0. The van der Waals surface area contributed by atoms with Gasteiger partial charge in [0.2, 0.25) is 0 Å². The van der Waals surface area contributed by atoms with E-state index < -0.39 is 5.67 Å². The Morgan fingerprint density at radius 3 is 2.61 bits per heavy atom. The number of thioether (sulfide) groups is 1. The minimum atomic E-state index is -1.34. The average molecular weight is 541 g/mol.